The van der Waals surface area contributed by atoms with Gasteiger partial charge in [-0.2, -0.15) is 5.26 Å². The summed E-state index contributed by atoms with van der Waals surface area (Å²) in [4.78, 5) is 14.8. The normalized spacial score (nSPS) is 10.1. The van der Waals surface area contributed by atoms with Gasteiger partial charge in [-0.25, -0.2) is 0 Å². The van der Waals surface area contributed by atoms with Crippen LogP contribution in [-0.2, 0) is 6.42 Å². The van der Waals surface area contributed by atoms with Crippen molar-refractivity contribution < 1.29 is 0 Å². The number of hydrogen-bond acceptors (Lipinski definition) is 2. The summed E-state index contributed by atoms with van der Waals surface area (Å²) in [6, 6.07) is 9.10. The van der Waals surface area contributed by atoms with E-state index in [9.17, 15) is 4.79 Å². The fraction of sp³-hybridized carbons (Fsp3) is 0.167. The first-order chi connectivity index (χ1) is 7.22. The summed E-state index contributed by atoms with van der Waals surface area (Å²) in [7, 11) is 0. The molecule has 1 aromatic heterocycles. The number of aromatic nitrogens is 1. The standard InChI is InChI=1S/C12H10N2O/c1-8-3-2-4-10-11(15)7-9(5-6-13)14-12(8)10/h2-4,7H,5H2,1H3,(H,14,15). The molecular formula is C12H10N2O. The zero-order valence-electron chi connectivity index (χ0n) is 8.37. The lowest BCUT2D eigenvalue weighted by Gasteiger charge is -2.03. The number of nitrogens with zero attached hydrogens (tertiary/aromatic N) is 1. The summed E-state index contributed by atoms with van der Waals surface area (Å²) in [5.41, 5.74) is 2.49. The van der Waals surface area contributed by atoms with Crippen molar-refractivity contribution in [2.24, 2.45) is 0 Å². The lowest BCUT2D eigenvalue weighted by atomic mass is 10.1. The SMILES string of the molecule is Cc1cccc2c(=O)cc(CC#N)[nH]c12. The molecule has 0 aliphatic heterocycles. The first kappa shape index (κ1) is 9.47. The van der Waals surface area contributed by atoms with Crippen LogP contribution in [0.2, 0.25) is 0 Å². The first-order valence-electron chi connectivity index (χ1n) is 4.71. The van der Waals surface area contributed by atoms with E-state index in [1.807, 2.05) is 25.1 Å². The molecule has 0 atom stereocenters. The Bertz CT molecular complexity index is 605. The second-order valence-corrected chi connectivity index (χ2v) is 3.49. The second-order valence-electron chi connectivity index (χ2n) is 3.49. The van der Waals surface area contributed by atoms with Crippen molar-refractivity contribution in [1.82, 2.24) is 4.98 Å². The molecule has 1 N–H and O–H groups in total. The Balaban J connectivity index is 2.81. The number of nitrogens with one attached hydrogen (secondary N) is 1. The van der Waals surface area contributed by atoms with Gasteiger partial charge in [-0.3, -0.25) is 4.79 Å². The number of nitriles is 1. The monoisotopic (exact) mass is 198 g/mol. The van der Waals surface area contributed by atoms with Crippen LogP contribution >= 0.6 is 0 Å². The third kappa shape index (κ3) is 1.62. The maximum atomic E-state index is 11.7. The first-order valence-corrected chi connectivity index (χ1v) is 4.71. The van der Waals surface area contributed by atoms with E-state index in [0.29, 0.717) is 11.1 Å². The number of fused-ring (bicyclic) bond motifs is 1. The Labute approximate surface area is 87.0 Å². The van der Waals surface area contributed by atoms with Crippen LogP contribution in [0.25, 0.3) is 10.9 Å². The van der Waals surface area contributed by atoms with Crippen LogP contribution in [0.5, 0.6) is 0 Å². The molecule has 2 rings (SSSR count). The largest absolute Gasteiger partial charge is 0.357 e. The van der Waals surface area contributed by atoms with Gasteiger partial charge < -0.3 is 4.98 Å². The van der Waals surface area contributed by atoms with Gasteiger partial charge in [0.25, 0.3) is 0 Å². The highest BCUT2D eigenvalue weighted by molar-refractivity contribution is 5.81. The summed E-state index contributed by atoms with van der Waals surface area (Å²) in [6.45, 7) is 1.94. The van der Waals surface area contributed by atoms with Crippen LogP contribution in [0.3, 0.4) is 0 Å². The summed E-state index contributed by atoms with van der Waals surface area (Å²) < 4.78 is 0. The molecule has 0 aliphatic rings. The highest BCUT2D eigenvalue weighted by Gasteiger charge is 2.03. The van der Waals surface area contributed by atoms with Crippen LogP contribution in [0.1, 0.15) is 11.3 Å². The minimum absolute atomic E-state index is 0.0299. The van der Waals surface area contributed by atoms with Crippen molar-refractivity contribution in [2.75, 3.05) is 0 Å². The fourth-order valence-electron chi connectivity index (χ4n) is 1.65. The van der Waals surface area contributed by atoms with E-state index < -0.39 is 0 Å². The van der Waals surface area contributed by atoms with Gasteiger partial charge in [-0.15, -0.1) is 0 Å². The third-order valence-corrected chi connectivity index (χ3v) is 2.40. The predicted octanol–water partition coefficient (Wildman–Crippen LogP) is 1.90. The van der Waals surface area contributed by atoms with Gasteiger partial charge in [-0.05, 0) is 18.6 Å². The molecule has 15 heavy (non-hydrogen) atoms. The zero-order chi connectivity index (χ0) is 10.8. The Morgan fingerprint density at radius 1 is 1.47 bits per heavy atom. The second kappa shape index (κ2) is 3.58. The number of pyridine rings is 1. The molecule has 0 bridgehead atoms. The van der Waals surface area contributed by atoms with Gasteiger partial charge in [0.2, 0.25) is 0 Å². The summed E-state index contributed by atoms with van der Waals surface area (Å²) in [5.74, 6) is 0. The number of rotatable bonds is 1. The van der Waals surface area contributed by atoms with E-state index in [4.69, 9.17) is 5.26 Å². The molecular weight excluding hydrogens is 188 g/mol. The number of aryl methyl sites for hydroxylation is 1. The fourth-order valence-corrected chi connectivity index (χ4v) is 1.65. The van der Waals surface area contributed by atoms with Crippen LogP contribution in [-0.4, -0.2) is 4.98 Å². The molecule has 0 spiro atoms. The Kier molecular flexibility index (Phi) is 2.26. The van der Waals surface area contributed by atoms with E-state index >= 15 is 0 Å². The van der Waals surface area contributed by atoms with Crippen LogP contribution in [0, 0.1) is 18.3 Å². The van der Waals surface area contributed by atoms with Crippen LogP contribution in [0.4, 0.5) is 0 Å². The number of para-hydroxylation sites is 1. The molecule has 0 radical (unpaired) electrons. The lowest BCUT2D eigenvalue weighted by Crippen LogP contribution is -2.05. The smallest absolute Gasteiger partial charge is 0.189 e. The molecule has 0 saturated carbocycles. The maximum absolute atomic E-state index is 11.7. The summed E-state index contributed by atoms with van der Waals surface area (Å²) in [5, 5.41) is 9.26. The zero-order valence-corrected chi connectivity index (χ0v) is 8.37. The van der Waals surface area contributed by atoms with Gasteiger partial charge in [0.1, 0.15) is 0 Å². The Morgan fingerprint density at radius 3 is 3.00 bits per heavy atom. The van der Waals surface area contributed by atoms with Gasteiger partial charge in [0.15, 0.2) is 5.43 Å². The molecule has 0 amide bonds. The molecule has 3 heteroatoms. The van der Waals surface area contributed by atoms with E-state index in [-0.39, 0.29) is 11.8 Å². The molecule has 2 aromatic rings. The minimum atomic E-state index is -0.0299. The molecule has 1 aromatic carbocycles. The number of hydrogen-bond donors (Lipinski definition) is 1. The van der Waals surface area contributed by atoms with Gasteiger partial charge in [-0.1, -0.05) is 12.1 Å². The van der Waals surface area contributed by atoms with Crippen molar-refractivity contribution in [1.29, 1.82) is 5.26 Å². The van der Waals surface area contributed by atoms with E-state index in [1.165, 1.54) is 6.07 Å². The minimum Gasteiger partial charge on any atom is -0.357 e. The highest BCUT2D eigenvalue weighted by Crippen LogP contribution is 2.12. The van der Waals surface area contributed by atoms with Crippen LogP contribution < -0.4 is 5.43 Å². The maximum Gasteiger partial charge on any atom is 0.189 e. The Morgan fingerprint density at radius 2 is 2.27 bits per heavy atom. The molecule has 1 heterocycles. The van der Waals surface area contributed by atoms with Crippen molar-refractivity contribution in [2.45, 2.75) is 13.3 Å². The molecule has 0 unspecified atom stereocenters. The average molecular weight is 198 g/mol. The van der Waals surface area contributed by atoms with Crippen molar-refractivity contribution in [3.8, 4) is 6.07 Å². The van der Waals surface area contributed by atoms with E-state index in [1.54, 1.807) is 6.07 Å². The molecule has 0 saturated heterocycles. The summed E-state index contributed by atoms with van der Waals surface area (Å²) >= 11 is 0. The number of H-pyrrole nitrogens is 1. The van der Waals surface area contributed by atoms with Crippen molar-refractivity contribution in [3.63, 3.8) is 0 Å². The number of aromatic amines is 1. The molecule has 3 nitrogen and oxygen atoms in total. The quantitative estimate of drug-likeness (QED) is 0.760. The topological polar surface area (TPSA) is 56.6 Å². The third-order valence-electron chi connectivity index (χ3n) is 2.40. The van der Waals surface area contributed by atoms with Gasteiger partial charge in [0.05, 0.1) is 18.0 Å². The number of benzene rings is 1. The van der Waals surface area contributed by atoms with Crippen molar-refractivity contribution >= 4 is 10.9 Å². The van der Waals surface area contributed by atoms with E-state index in [0.717, 1.165) is 11.1 Å². The predicted molar refractivity (Wildman–Crippen MR) is 58.6 cm³/mol. The molecule has 74 valence electrons. The van der Waals surface area contributed by atoms with Gasteiger partial charge >= 0.3 is 0 Å². The van der Waals surface area contributed by atoms with E-state index in [2.05, 4.69) is 4.98 Å². The van der Waals surface area contributed by atoms with Gasteiger partial charge in [0, 0.05) is 17.1 Å². The highest BCUT2D eigenvalue weighted by atomic mass is 16.1. The average Bonchev–Trinajstić information content (AvgIpc) is 2.20. The summed E-state index contributed by atoms with van der Waals surface area (Å²) in [6.07, 6.45) is 0.236. The van der Waals surface area contributed by atoms with Crippen molar-refractivity contribution in [3.05, 3.63) is 45.7 Å². The molecule has 0 aliphatic carbocycles. The lowest BCUT2D eigenvalue weighted by molar-refractivity contribution is 1.13. The van der Waals surface area contributed by atoms with Crippen LogP contribution in [0.15, 0.2) is 29.1 Å². The molecule has 0 fully saturated rings. The Hall–Kier alpha value is -2.08.